The zero-order valence-corrected chi connectivity index (χ0v) is 18.9. The summed E-state index contributed by atoms with van der Waals surface area (Å²) in [5, 5.41) is 6.01. The Morgan fingerprint density at radius 3 is 2.53 bits per heavy atom. The van der Waals surface area contributed by atoms with Gasteiger partial charge >= 0.3 is 0 Å². The molecule has 0 aliphatic carbocycles. The summed E-state index contributed by atoms with van der Waals surface area (Å²) in [5.41, 5.74) is 2.66. The molecule has 32 heavy (non-hydrogen) atoms. The van der Waals surface area contributed by atoms with E-state index in [0.29, 0.717) is 4.88 Å². The number of hydrogen-bond acceptors (Lipinski definition) is 5. The Morgan fingerprint density at radius 1 is 1.03 bits per heavy atom. The maximum Gasteiger partial charge on any atom is 0.265 e. The summed E-state index contributed by atoms with van der Waals surface area (Å²) in [6.45, 7) is 1.98. The maximum absolute atomic E-state index is 13.0. The fourth-order valence-corrected chi connectivity index (χ4v) is 5.08. The Hall–Kier alpha value is -3.09. The summed E-state index contributed by atoms with van der Waals surface area (Å²) >= 11 is 1.43. The number of thiophene rings is 1. The van der Waals surface area contributed by atoms with Crippen LogP contribution in [0, 0.1) is 0 Å². The van der Waals surface area contributed by atoms with Gasteiger partial charge in [-0.05, 0) is 67.2 Å². The van der Waals surface area contributed by atoms with Gasteiger partial charge in [-0.15, -0.1) is 11.3 Å². The molecule has 1 saturated heterocycles. The monoisotopic (exact) mass is 446 g/mol. The first-order chi connectivity index (χ1) is 15.7. The second kappa shape index (κ2) is 9.18. The number of nitrogens with one attached hydrogen (secondary N) is 1. The number of carbonyl (C=O) groups is 1. The molecule has 164 valence electrons. The molecule has 1 unspecified atom stereocenters. The van der Waals surface area contributed by atoms with E-state index in [9.17, 15) is 4.79 Å². The van der Waals surface area contributed by atoms with Crippen molar-refractivity contribution in [1.29, 1.82) is 0 Å². The summed E-state index contributed by atoms with van der Waals surface area (Å²) in [6.07, 6.45) is 3.56. The topological polar surface area (TPSA) is 54.7 Å². The van der Waals surface area contributed by atoms with Gasteiger partial charge in [0.05, 0.1) is 23.7 Å². The third kappa shape index (κ3) is 4.04. The molecule has 4 aromatic rings. The highest BCUT2D eigenvalue weighted by Crippen LogP contribution is 2.41. The number of para-hydroxylation sites is 1. The molecule has 2 aromatic carbocycles. The molecule has 0 saturated carbocycles. The second-order valence-electron chi connectivity index (χ2n) is 8.04. The largest absolute Gasteiger partial charge is 0.497 e. The van der Waals surface area contributed by atoms with Gasteiger partial charge in [0.2, 0.25) is 0 Å². The number of anilines is 1. The molecule has 3 heterocycles. The normalized spacial score (nSPS) is 15.5. The summed E-state index contributed by atoms with van der Waals surface area (Å²) in [6, 6.07) is 19.7. The number of amides is 1. The molecule has 1 amide bonds. The van der Waals surface area contributed by atoms with Crippen LogP contribution in [0.15, 0.2) is 70.5 Å². The van der Waals surface area contributed by atoms with E-state index in [2.05, 4.69) is 22.3 Å². The van der Waals surface area contributed by atoms with E-state index < -0.39 is 0 Å². The lowest BCUT2D eigenvalue weighted by Gasteiger charge is -2.34. The molecule has 5 rings (SSSR count). The van der Waals surface area contributed by atoms with Gasteiger partial charge in [0.25, 0.3) is 5.91 Å². The smallest absolute Gasteiger partial charge is 0.265 e. The van der Waals surface area contributed by atoms with Crippen LogP contribution in [-0.4, -0.2) is 31.0 Å². The van der Waals surface area contributed by atoms with E-state index in [4.69, 9.17) is 9.15 Å². The Kier molecular flexibility index (Phi) is 5.97. The third-order valence-corrected chi connectivity index (χ3v) is 6.91. The number of nitrogens with zero attached hydrogens (tertiary/aromatic N) is 1. The first-order valence-electron chi connectivity index (χ1n) is 11.0. The average Bonchev–Trinajstić information content (AvgIpc) is 3.50. The molecular weight excluding hydrogens is 420 g/mol. The van der Waals surface area contributed by atoms with Crippen LogP contribution in [0.25, 0.3) is 11.0 Å². The van der Waals surface area contributed by atoms with Crippen molar-refractivity contribution >= 4 is 33.9 Å². The molecule has 5 nitrogen and oxygen atoms in total. The quantitative estimate of drug-likeness (QED) is 0.376. The minimum Gasteiger partial charge on any atom is -0.497 e. The fourth-order valence-electron chi connectivity index (χ4n) is 4.46. The van der Waals surface area contributed by atoms with Crippen LogP contribution in [0.5, 0.6) is 5.75 Å². The number of carbonyl (C=O) groups excluding carboxylic acids is 1. The third-order valence-electron chi connectivity index (χ3n) is 6.04. The van der Waals surface area contributed by atoms with Gasteiger partial charge in [-0.1, -0.05) is 36.8 Å². The highest BCUT2D eigenvalue weighted by Gasteiger charge is 2.31. The number of furan rings is 1. The Bertz CT molecular complexity index is 1190. The molecule has 2 aromatic heterocycles. The van der Waals surface area contributed by atoms with Crippen LogP contribution >= 0.6 is 11.3 Å². The first kappa shape index (κ1) is 20.8. The van der Waals surface area contributed by atoms with E-state index in [1.807, 2.05) is 53.9 Å². The van der Waals surface area contributed by atoms with Crippen molar-refractivity contribution in [2.75, 3.05) is 25.5 Å². The van der Waals surface area contributed by atoms with Crippen molar-refractivity contribution in [1.82, 2.24) is 4.90 Å². The van der Waals surface area contributed by atoms with Gasteiger partial charge in [-0.25, -0.2) is 0 Å². The number of piperidine rings is 1. The fraction of sp³-hybridized carbons (Fsp3) is 0.269. The number of fused-ring (bicyclic) bond motifs is 1. The number of methoxy groups -OCH3 is 1. The lowest BCUT2D eigenvalue weighted by Crippen LogP contribution is -2.34. The van der Waals surface area contributed by atoms with Crippen LogP contribution in [0.1, 0.15) is 46.3 Å². The predicted molar refractivity (Wildman–Crippen MR) is 129 cm³/mol. The number of rotatable bonds is 6. The Balaban J connectivity index is 1.63. The molecule has 1 fully saturated rings. The number of likely N-dealkylation sites (tertiary alicyclic amines) is 1. The molecule has 0 bridgehead atoms. The average molecular weight is 447 g/mol. The molecule has 0 spiro atoms. The van der Waals surface area contributed by atoms with Gasteiger partial charge in [0.15, 0.2) is 0 Å². The van der Waals surface area contributed by atoms with Gasteiger partial charge in [0.1, 0.15) is 17.1 Å². The molecule has 1 N–H and O–H groups in total. The second-order valence-corrected chi connectivity index (χ2v) is 8.99. The van der Waals surface area contributed by atoms with E-state index in [1.54, 1.807) is 7.11 Å². The minimum atomic E-state index is -0.111. The zero-order chi connectivity index (χ0) is 21.9. The standard InChI is InChI=1S/C26H26N2O3S/c1-30-19-13-11-18(12-14-19)24(28-15-5-2-6-16-28)25-23(20-8-3-4-9-21(20)31-25)27-26(29)22-10-7-17-32-22/h3-4,7-14,17,24H,2,5-6,15-16H2,1H3,(H,27,29). The lowest BCUT2D eigenvalue weighted by atomic mass is 9.98. The van der Waals surface area contributed by atoms with Crippen molar-refractivity contribution in [3.8, 4) is 5.75 Å². The van der Waals surface area contributed by atoms with Gasteiger partial charge in [0, 0.05) is 5.39 Å². The summed E-state index contributed by atoms with van der Waals surface area (Å²) < 4.78 is 11.8. The van der Waals surface area contributed by atoms with Crippen molar-refractivity contribution in [3.63, 3.8) is 0 Å². The minimum absolute atomic E-state index is 0.0905. The Labute approximate surface area is 191 Å². The van der Waals surface area contributed by atoms with Crippen molar-refractivity contribution < 1.29 is 13.9 Å². The van der Waals surface area contributed by atoms with Crippen LogP contribution < -0.4 is 10.1 Å². The summed E-state index contributed by atoms with van der Waals surface area (Å²) in [4.78, 5) is 16.2. The van der Waals surface area contributed by atoms with Gasteiger partial charge in [-0.2, -0.15) is 0 Å². The maximum atomic E-state index is 13.0. The highest BCUT2D eigenvalue weighted by atomic mass is 32.1. The summed E-state index contributed by atoms with van der Waals surface area (Å²) in [7, 11) is 1.68. The zero-order valence-electron chi connectivity index (χ0n) is 18.0. The van der Waals surface area contributed by atoms with Crippen molar-refractivity contribution in [2.45, 2.75) is 25.3 Å². The number of benzene rings is 2. The molecule has 6 heteroatoms. The SMILES string of the molecule is COc1ccc(C(c2oc3ccccc3c2NC(=O)c2cccs2)N2CCCCC2)cc1. The molecule has 1 atom stereocenters. The lowest BCUT2D eigenvalue weighted by molar-refractivity contribution is 0.102. The molecule has 1 aliphatic heterocycles. The van der Waals surface area contributed by atoms with E-state index in [-0.39, 0.29) is 11.9 Å². The van der Waals surface area contributed by atoms with Gasteiger partial charge < -0.3 is 14.5 Å². The van der Waals surface area contributed by atoms with Crippen LogP contribution in [0.2, 0.25) is 0 Å². The summed E-state index contributed by atoms with van der Waals surface area (Å²) in [5.74, 6) is 1.49. The van der Waals surface area contributed by atoms with Gasteiger partial charge in [-0.3, -0.25) is 9.69 Å². The predicted octanol–water partition coefficient (Wildman–Crippen LogP) is 6.33. The Morgan fingerprint density at radius 2 is 1.81 bits per heavy atom. The van der Waals surface area contributed by atoms with Crippen molar-refractivity contribution in [2.24, 2.45) is 0 Å². The first-order valence-corrected chi connectivity index (χ1v) is 11.9. The van der Waals surface area contributed by atoms with Crippen LogP contribution in [-0.2, 0) is 0 Å². The van der Waals surface area contributed by atoms with Crippen LogP contribution in [0.4, 0.5) is 5.69 Å². The molecule has 0 radical (unpaired) electrons. The van der Waals surface area contributed by atoms with E-state index in [1.165, 1.54) is 17.8 Å². The highest BCUT2D eigenvalue weighted by molar-refractivity contribution is 7.12. The molecule has 1 aliphatic rings. The van der Waals surface area contributed by atoms with E-state index in [0.717, 1.165) is 59.7 Å². The molecular formula is C26H26N2O3S. The number of ether oxygens (including phenoxy) is 1. The van der Waals surface area contributed by atoms with E-state index >= 15 is 0 Å². The van der Waals surface area contributed by atoms with Crippen LogP contribution in [0.3, 0.4) is 0 Å². The van der Waals surface area contributed by atoms with Crippen molar-refractivity contribution in [3.05, 3.63) is 82.2 Å². The number of hydrogen-bond donors (Lipinski definition) is 1.